The Morgan fingerprint density at radius 1 is 1.67 bits per heavy atom. The fourth-order valence-electron chi connectivity index (χ4n) is 1.07. The Labute approximate surface area is 86.9 Å². The molecule has 84 valence electrons. The first-order valence-corrected chi connectivity index (χ1v) is 4.56. The molecule has 1 aromatic heterocycles. The van der Waals surface area contributed by atoms with Crippen LogP contribution in [0.5, 0.6) is 0 Å². The zero-order chi connectivity index (χ0) is 11.3. The third-order valence-corrected chi connectivity index (χ3v) is 1.92. The first-order chi connectivity index (χ1) is 7.19. The average molecular weight is 214 g/mol. The molecule has 0 saturated heterocycles. The summed E-state index contributed by atoms with van der Waals surface area (Å²) in [7, 11) is 1.57. The van der Waals surface area contributed by atoms with Crippen molar-refractivity contribution >= 4 is 11.7 Å². The highest BCUT2D eigenvalue weighted by atomic mass is 16.6. The van der Waals surface area contributed by atoms with Crippen molar-refractivity contribution < 1.29 is 14.2 Å². The number of anilines is 1. The van der Waals surface area contributed by atoms with Crippen LogP contribution in [0.3, 0.4) is 0 Å². The predicted molar refractivity (Wildman–Crippen MR) is 52.1 cm³/mol. The summed E-state index contributed by atoms with van der Waals surface area (Å²) < 4.78 is 9.26. The van der Waals surface area contributed by atoms with Gasteiger partial charge in [-0.25, -0.2) is 4.63 Å². The monoisotopic (exact) mass is 214 g/mol. The Balaban J connectivity index is 2.58. The molecule has 0 aliphatic heterocycles. The van der Waals surface area contributed by atoms with E-state index in [1.165, 1.54) is 0 Å². The molecule has 0 bridgehead atoms. The minimum Gasteiger partial charge on any atom is -0.383 e. The van der Waals surface area contributed by atoms with Crippen LogP contribution in [0.4, 0.5) is 5.82 Å². The number of hydrogen-bond acceptors (Lipinski definition) is 6. The lowest BCUT2D eigenvalue weighted by Crippen LogP contribution is -2.37. The van der Waals surface area contributed by atoms with Crippen molar-refractivity contribution in [2.45, 2.75) is 19.4 Å². The molecule has 0 saturated carbocycles. The fraction of sp³-hybridized carbons (Fsp3) is 0.625. The van der Waals surface area contributed by atoms with Crippen LogP contribution in [0, 0.1) is 0 Å². The topological polar surface area (TPSA) is 103 Å². The molecule has 0 aromatic carbocycles. The number of nitrogens with two attached hydrogens (primary N) is 1. The minimum atomic E-state index is -0.405. The van der Waals surface area contributed by atoms with Crippen molar-refractivity contribution in [1.29, 1.82) is 0 Å². The third-order valence-electron chi connectivity index (χ3n) is 1.92. The van der Waals surface area contributed by atoms with Gasteiger partial charge in [0.2, 0.25) is 11.5 Å². The average Bonchev–Trinajstić information content (AvgIpc) is 2.63. The van der Waals surface area contributed by atoms with Crippen molar-refractivity contribution in [3.8, 4) is 0 Å². The summed E-state index contributed by atoms with van der Waals surface area (Å²) in [6.07, 6.45) is 0.755. The Hall–Kier alpha value is -1.63. The Bertz CT molecular complexity index is 325. The molecule has 1 amide bonds. The van der Waals surface area contributed by atoms with E-state index in [2.05, 4.69) is 20.3 Å². The first-order valence-electron chi connectivity index (χ1n) is 4.56. The van der Waals surface area contributed by atoms with Crippen LogP contribution in [0.2, 0.25) is 0 Å². The van der Waals surface area contributed by atoms with E-state index in [9.17, 15) is 4.79 Å². The summed E-state index contributed by atoms with van der Waals surface area (Å²) in [6, 6.07) is -0.0707. The van der Waals surface area contributed by atoms with Gasteiger partial charge in [-0.05, 0) is 16.7 Å². The summed E-state index contributed by atoms with van der Waals surface area (Å²) in [5, 5.41) is 9.42. The van der Waals surface area contributed by atoms with Gasteiger partial charge in [0.1, 0.15) is 0 Å². The Kier molecular flexibility index (Phi) is 4.04. The molecule has 1 heterocycles. The van der Waals surface area contributed by atoms with Crippen molar-refractivity contribution in [1.82, 2.24) is 15.6 Å². The summed E-state index contributed by atoms with van der Waals surface area (Å²) in [6.45, 7) is 2.38. The van der Waals surface area contributed by atoms with Crippen molar-refractivity contribution in [3.05, 3.63) is 5.69 Å². The number of carbonyl (C=O) groups is 1. The first kappa shape index (κ1) is 11.4. The molecule has 0 aliphatic rings. The van der Waals surface area contributed by atoms with E-state index in [0.29, 0.717) is 6.61 Å². The Morgan fingerprint density at radius 2 is 2.40 bits per heavy atom. The van der Waals surface area contributed by atoms with Gasteiger partial charge in [-0.15, -0.1) is 0 Å². The normalized spacial score (nSPS) is 12.4. The highest BCUT2D eigenvalue weighted by molar-refractivity contribution is 5.96. The SMILES string of the molecule is CCC(COC)NC(=O)c1nonc1N. The van der Waals surface area contributed by atoms with Gasteiger partial charge in [-0.3, -0.25) is 4.79 Å². The second-order valence-corrected chi connectivity index (χ2v) is 3.03. The molecule has 0 spiro atoms. The zero-order valence-corrected chi connectivity index (χ0v) is 8.69. The Morgan fingerprint density at radius 3 is 2.87 bits per heavy atom. The van der Waals surface area contributed by atoms with E-state index in [4.69, 9.17) is 10.5 Å². The lowest BCUT2D eigenvalue weighted by atomic mass is 10.2. The molecular formula is C8H14N4O3. The fourth-order valence-corrected chi connectivity index (χ4v) is 1.07. The van der Waals surface area contributed by atoms with Crippen LogP contribution >= 0.6 is 0 Å². The van der Waals surface area contributed by atoms with Crippen LogP contribution in [-0.2, 0) is 4.74 Å². The van der Waals surface area contributed by atoms with Gasteiger partial charge in [0.05, 0.1) is 12.6 Å². The molecule has 0 radical (unpaired) electrons. The maximum atomic E-state index is 11.6. The lowest BCUT2D eigenvalue weighted by Gasteiger charge is -2.14. The maximum Gasteiger partial charge on any atom is 0.277 e. The number of nitrogen functional groups attached to an aromatic ring is 1. The van der Waals surface area contributed by atoms with Crippen LogP contribution in [0.1, 0.15) is 23.8 Å². The van der Waals surface area contributed by atoms with Gasteiger partial charge in [0.25, 0.3) is 5.91 Å². The second-order valence-electron chi connectivity index (χ2n) is 3.03. The third kappa shape index (κ3) is 2.91. The van der Waals surface area contributed by atoms with Crippen molar-refractivity contribution in [3.63, 3.8) is 0 Å². The molecule has 0 aliphatic carbocycles. The summed E-state index contributed by atoms with van der Waals surface area (Å²) >= 11 is 0. The van der Waals surface area contributed by atoms with Gasteiger partial charge in [0.15, 0.2) is 0 Å². The molecule has 7 heteroatoms. The molecule has 1 rings (SSSR count). The number of rotatable bonds is 5. The van der Waals surface area contributed by atoms with E-state index < -0.39 is 5.91 Å². The number of hydrogen-bond donors (Lipinski definition) is 2. The molecule has 1 aromatic rings. The van der Waals surface area contributed by atoms with Crippen LogP contribution in [-0.4, -0.2) is 36.0 Å². The largest absolute Gasteiger partial charge is 0.383 e. The number of amides is 1. The highest BCUT2D eigenvalue weighted by Gasteiger charge is 2.18. The van der Waals surface area contributed by atoms with Gasteiger partial charge in [0, 0.05) is 7.11 Å². The highest BCUT2D eigenvalue weighted by Crippen LogP contribution is 2.04. The summed E-state index contributed by atoms with van der Waals surface area (Å²) in [5.41, 5.74) is 5.38. The van der Waals surface area contributed by atoms with Gasteiger partial charge >= 0.3 is 0 Å². The maximum absolute atomic E-state index is 11.6. The van der Waals surface area contributed by atoms with E-state index in [-0.39, 0.29) is 17.6 Å². The van der Waals surface area contributed by atoms with Crippen LogP contribution in [0.15, 0.2) is 4.63 Å². The number of nitrogens with zero attached hydrogens (tertiary/aromatic N) is 2. The minimum absolute atomic E-state index is 0.00422. The summed E-state index contributed by atoms with van der Waals surface area (Å²) in [5.74, 6) is -0.419. The molecule has 15 heavy (non-hydrogen) atoms. The molecule has 1 atom stereocenters. The smallest absolute Gasteiger partial charge is 0.277 e. The van der Waals surface area contributed by atoms with E-state index >= 15 is 0 Å². The molecule has 0 fully saturated rings. The zero-order valence-electron chi connectivity index (χ0n) is 8.69. The number of carbonyl (C=O) groups excluding carboxylic acids is 1. The van der Waals surface area contributed by atoms with E-state index in [1.807, 2.05) is 6.92 Å². The van der Waals surface area contributed by atoms with Crippen LogP contribution in [0.25, 0.3) is 0 Å². The number of ether oxygens (including phenoxy) is 1. The molecule has 7 nitrogen and oxygen atoms in total. The standard InChI is InChI=1S/C8H14N4O3/c1-3-5(4-14-2)10-8(13)6-7(9)12-15-11-6/h5H,3-4H2,1-2H3,(H2,9,12)(H,10,13). The predicted octanol–water partition coefficient (Wildman–Crippen LogP) is -0.193. The van der Waals surface area contributed by atoms with Gasteiger partial charge < -0.3 is 15.8 Å². The second kappa shape index (κ2) is 5.30. The van der Waals surface area contributed by atoms with Crippen molar-refractivity contribution in [2.75, 3.05) is 19.5 Å². The quantitative estimate of drug-likeness (QED) is 0.703. The van der Waals surface area contributed by atoms with Gasteiger partial charge in [-0.1, -0.05) is 6.92 Å². The lowest BCUT2D eigenvalue weighted by molar-refractivity contribution is 0.0885. The van der Waals surface area contributed by atoms with E-state index in [0.717, 1.165) is 6.42 Å². The van der Waals surface area contributed by atoms with Gasteiger partial charge in [-0.2, -0.15) is 0 Å². The van der Waals surface area contributed by atoms with Crippen LogP contribution < -0.4 is 11.1 Å². The summed E-state index contributed by atoms with van der Waals surface area (Å²) in [4.78, 5) is 11.6. The van der Waals surface area contributed by atoms with E-state index in [1.54, 1.807) is 7.11 Å². The number of aromatic nitrogens is 2. The van der Waals surface area contributed by atoms with Crippen molar-refractivity contribution in [2.24, 2.45) is 0 Å². The molecular weight excluding hydrogens is 200 g/mol. The number of methoxy groups -OCH3 is 1. The molecule has 3 N–H and O–H groups in total. The molecule has 1 unspecified atom stereocenters. The number of nitrogens with one attached hydrogen (secondary N) is 1.